The number of rotatable bonds is 7. The number of anilines is 1. The quantitative estimate of drug-likeness (QED) is 0.276. The highest BCUT2D eigenvalue weighted by atomic mass is 19.1. The van der Waals surface area contributed by atoms with Gasteiger partial charge in [0.2, 0.25) is 0 Å². The van der Waals surface area contributed by atoms with E-state index in [9.17, 15) is 8.78 Å². The number of hydrazone groups is 1. The molecule has 9 heteroatoms. The molecule has 1 aliphatic heterocycles. The first kappa shape index (κ1) is 21.9. The number of nitrogens with zero attached hydrogens (tertiary/aromatic N) is 4. The smallest absolute Gasteiger partial charge is 0.157 e. The molecule has 7 nitrogen and oxygen atoms in total. The van der Waals surface area contributed by atoms with Crippen LogP contribution in [0.2, 0.25) is 0 Å². The van der Waals surface area contributed by atoms with Crippen LogP contribution in [0.5, 0.6) is 0 Å². The molecule has 0 atom stereocenters. The fraction of sp³-hybridized carbons (Fsp3) is 0.429. The van der Waals surface area contributed by atoms with E-state index in [0.29, 0.717) is 25.6 Å². The van der Waals surface area contributed by atoms with Gasteiger partial charge >= 0.3 is 0 Å². The molecule has 3 rings (SSSR count). The zero-order valence-corrected chi connectivity index (χ0v) is 17.4. The predicted molar refractivity (Wildman–Crippen MR) is 115 cm³/mol. The summed E-state index contributed by atoms with van der Waals surface area (Å²) < 4.78 is 28.0. The molecule has 162 valence electrons. The highest BCUT2D eigenvalue weighted by Crippen LogP contribution is 2.28. The molecule has 2 heterocycles. The third-order valence-corrected chi connectivity index (χ3v) is 5.10. The van der Waals surface area contributed by atoms with E-state index in [4.69, 9.17) is 11.6 Å². The van der Waals surface area contributed by atoms with Crippen LogP contribution in [0.4, 0.5) is 14.5 Å². The largest absolute Gasteiger partial charge is 0.382 e. The molecule has 1 saturated heterocycles. The summed E-state index contributed by atoms with van der Waals surface area (Å²) in [5, 5.41) is 3.79. The van der Waals surface area contributed by atoms with Gasteiger partial charge in [-0.2, -0.15) is 0 Å². The predicted octanol–water partition coefficient (Wildman–Crippen LogP) is 1.96. The molecule has 1 aliphatic rings. The van der Waals surface area contributed by atoms with Crippen LogP contribution in [0.1, 0.15) is 30.7 Å². The Morgan fingerprint density at radius 2 is 1.93 bits per heavy atom. The summed E-state index contributed by atoms with van der Waals surface area (Å²) in [7, 11) is 0. The van der Waals surface area contributed by atoms with Gasteiger partial charge in [0.25, 0.3) is 0 Å². The first-order valence-electron chi connectivity index (χ1n) is 10.1. The first-order valence-corrected chi connectivity index (χ1v) is 10.1. The molecular weight excluding hydrogens is 388 g/mol. The van der Waals surface area contributed by atoms with E-state index in [-0.39, 0.29) is 17.2 Å². The summed E-state index contributed by atoms with van der Waals surface area (Å²) in [6, 6.07) is 6.63. The highest BCUT2D eigenvalue weighted by molar-refractivity contribution is 6.02. The Hall–Kier alpha value is -2.78. The minimum Gasteiger partial charge on any atom is -0.382 e. The van der Waals surface area contributed by atoms with E-state index in [0.717, 1.165) is 36.5 Å². The second kappa shape index (κ2) is 9.82. The lowest BCUT2D eigenvalue weighted by Gasteiger charge is -2.37. The number of hydrazine groups is 1. The Balaban J connectivity index is 1.79. The van der Waals surface area contributed by atoms with Gasteiger partial charge in [-0.15, -0.1) is 5.10 Å². The van der Waals surface area contributed by atoms with Gasteiger partial charge in [-0.05, 0) is 42.2 Å². The first-order chi connectivity index (χ1) is 14.4. The van der Waals surface area contributed by atoms with Gasteiger partial charge in [-0.25, -0.2) is 20.2 Å². The van der Waals surface area contributed by atoms with Crippen LogP contribution in [-0.4, -0.2) is 41.9 Å². The van der Waals surface area contributed by atoms with E-state index in [1.165, 1.54) is 18.3 Å². The minimum atomic E-state index is -0.405. The van der Waals surface area contributed by atoms with Gasteiger partial charge in [-0.3, -0.25) is 9.88 Å². The normalized spacial score (nSPS) is 15.7. The third kappa shape index (κ3) is 5.43. The molecule has 0 bridgehead atoms. The van der Waals surface area contributed by atoms with Crippen molar-refractivity contribution in [2.24, 2.45) is 22.6 Å². The molecule has 0 amide bonds. The van der Waals surface area contributed by atoms with Crippen LogP contribution in [0.25, 0.3) is 0 Å². The molecule has 0 saturated carbocycles. The lowest BCUT2D eigenvalue weighted by molar-refractivity contribution is 0.247. The maximum absolute atomic E-state index is 15.0. The summed E-state index contributed by atoms with van der Waals surface area (Å²) in [6.07, 6.45) is 2.00. The van der Waals surface area contributed by atoms with Gasteiger partial charge in [0.05, 0.1) is 23.1 Å². The van der Waals surface area contributed by atoms with Crippen LogP contribution in [0, 0.1) is 17.6 Å². The van der Waals surface area contributed by atoms with E-state index in [1.807, 2.05) is 6.07 Å². The summed E-state index contributed by atoms with van der Waals surface area (Å²) in [4.78, 5) is 8.49. The number of benzene rings is 1. The molecule has 0 unspecified atom stereocenters. The van der Waals surface area contributed by atoms with E-state index >= 15 is 0 Å². The zero-order valence-electron chi connectivity index (χ0n) is 17.4. The third-order valence-electron chi connectivity index (χ3n) is 5.10. The molecule has 2 aromatic rings. The van der Waals surface area contributed by atoms with E-state index < -0.39 is 5.82 Å². The molecule has 0 radical (unpaired) electrons. The number of hydrogen-bond donors (Lipinski definition) is 3. The SMILES string of the molecule is CC(C)Cc1cc(F)c(/C(N)=N/NN)c(N2CCN(Cc3ccc(F)cn3)CC2)c1. The number of piperazine rings is 1. The Morgan fingerprint density at radius 1 is 1.20 bits per heavy atom. The van der Waals surface area contributed by atoms with Crippen molar-refractivity contribution < 1.29 is 8.78 Å². The highest BCUT2D eigenvalue weighted by Gasteiger charge is 2.24. The summed E-state index contributed by atoms with van der Waals surface area (Å²) in [5.74, 6) is 4.92. The standard InChI is InChI=1S/C21H29F2N7/c1-14(2)9-15-10-18(23)20(21(24)27-28-25)19(11-15)30-7-5-29(6-8-30)13-17-4-3-16(22)12-26-17/h3-4,10-12,14,28H,5-9,13,25H2,1-2H3,(H2,24,27). The number of pyridine rings is 1. The van der Waals surface area contributed by atoms with Crippen LogP contribution in [-0.2, 0) is 13.0 Å². The molecule has 1 aromatic heterocycles. The molecule has 0 spiro atoms. The molecule has 30 heavy (non-hydrogen) atoms. The number of nitrogens with one attached hydrogen (secondary N) is 1. The van der Waals surface area contributed by atoms with E-state index in [2.05, 4.69) is 39.3 Å². The Bertz CT molecular complexity index is 876. The van der Waals surface area contributed by atoms with Crippen LogP contribution in [0.3, 0.4) is 0 Å². The van der Waals surface area contributed by atoms with Gasteiger partial charge in [0.15, 0.2) is 5.84 Å². The fourth-order valence-corrected chi connectivity index (χ4v) is 3.74. The van der Waals surface area contributed by atoms with Crippen molar-refractivity contribution in [3.63, 3.8) is 0 Å². The Kier molecular flexibility index (Phi) is 7.17. The number of nitrogens with two attached hydrogens (primary N) is 2. The number of amidine groups is 1. The second-order valence-electron chi connectivity index (χ2n) is 7.93. The van der Waals surface area contributed by atoms with Crippen LogP contribution < -0.4 is 22.0 Å². The average Bonchev–Trinajstić information content (AvgIpc) is 2.69. The summed E-state index contributed by atoms with van der Waals surface area (Å²) in [5.41, 5.74) is 10.9. The van der Waals surface area contributed by atoms with Crippen molar-refractivity contribution >= 4 is 11.5 Å². The second-order valence-corrected chi connectivity index (χ2v) is 7.93. The summed E-state index contributed by atoms with van der Waals surface area (Å²) >= 11 is 0. The number of hydrogen-bond acceptors (Lipinski definition) is 6. The van der Waals surface area contributed by atoms with Crippen LogP contribution >= 0.6 is 0 Å². The van der Waals surface area contributed by atoms with Gasteiger partial charge in [0, 0.05) is 32.7 Å². The lowest BCUT2D eigenvalue weighted by atomic mass is 9.98. The zero-order chi connectivity index (χ0) is 21.7. The summed E-state index contributed by atoms with van der Waals surface area (Å²) in [6.45, 7) is 7.76. The Morgan fingerprint density at radius 3 is 2.53 bits per heavy atom. The maximum atomic E-state index is 15.0. The van der Waals surface area contributed by atoms with Crippen molar-refractivity contribution in [2.75, 3.05) is 31.1 Å². The van der Waals surface area contributed by atoms with Crippen molar-refractivity contribution in [1.29, 1.82) is 0 Å². The lowest BCUT2D eigenvalue weighted by Crippen LogP contribution is -2.46. The molecule has 1 aromatic carbocycles. The monoisotopic (exact) mass is 417 g/mol. The topological polar surface area (TPSA) is 95.8 Å². The van der Waals surface area contributed by atoms with Gasteiger partial charge in [-0.1, -0.05) is 13.8 Å². The van der Waals surface area contributed by atoms with Gasteiger partial charge in [0.1, 0.15) is 11.6 Å². The van der Waals surface area contributed by atoms with Crippen molar-refractivity contribution in [3.05, 3.63) is 58.9 Å². The molecule has 1 fully saturated rings. The van der Waals surface area contributed by atoms with Gasteiger partial charge < -0.3 is 10.6 Å². The Labute approximate surface area is 175 Å². The molecule has 5 N–H and O–H groups in total. The fourth-order valence-electron chi connectivity index (χ4n) is 3.74. The van der Waals surface area contributed by atoms with Crippen LogP contribution in [0.15, 0.2) is 35.6 Å². The number of aromatic nitrogens is 1. The van der Waals surface area contributed by atoms with Crippen molar-refractivity contribution in [1.82, 2.24) is 15.4 Å². The minimum absolute atomic E-state index is 0.0130. The maximum Gasteiger partial charge on any atom is 0.157 e. The number of halogens is 2. The van der Waals surface area contributed by atoms with Crippen molar-refractivity contribution in [2.45, 2.75) is 26.8 Å². The van der Waals surface area contributed by atoms with E-state index in [1.54, 1.807) is 6.07 Å². The average molecular weight is 418 g/mol. The molecule has 0 aliphatic carbocycles. The molecular formula is C21H29F2N7. The van der Waals surface area contributed by atoms with Crippen molar-refractivity contribution in [3.8, 4) is 0 Å².